The number of carbonyl (C=O) groups is 2. The molecule has 1 aromatic rings. The van der Waals surface area contributed by atoms with Gasteiger partial charge in [0.25, 0.3) is 5.91 Å². The van der Waals surface area contributed by atoms with Crippen LogP contribution in [-0.2, 0) is 4.79 Å². The van der Waals surface area contributed by atoms with E-state index in [1.807, 2.05) is 10.8 Å². The molecule has 0 spiro atoms. The maximum atomic E-state index is 11.9. The third-order valence-electron chi connectivity index (χ3n) is 4.34. The lowest BCUT2D eigenvalue weighted by molar-refractivity contribution is -0.121. The first-order valence-electron chi connectivity index (χ1n) is 8.52. The molecule has 2 rings (SSSR count). The summed E-state index contributed by atoms with van der Waals surface area (Å²) < 4.78 is 0. The molecule has 1 aromatic heterocycles. The molecule has 0 saturated carbocycles. The summed E-state index contributed by atoms with van der Waals surface area (Å²) in [4.78, 5) is 26.1. The minimum atomic E-state index is -0.0625. The summed E-state index contributed by atoms with van der Waals surface area (Å²) in [5.41, 5.74) is 0.691. The van der Waals surface area contributed by atoms with Crippen LogP contribution in [0.5, 0.6) is 0 Å². The van der Waals surface area contributed by atoms with E-state index in [2.05, 4.69) is 22.5 Å². The van der Waals surface area contributed by atoms with Crippen LogP contribution in [0.3, 0.4) is 0 Å². The standard InChI is InChI=1S/C17H27N3O2S/c1-2-20-10-4-3-6-15(20)12-19-16(21)7-5-9-18-17(22)14-8-11-23-13-14/h8,11,13,15H,2-7,9-10,12H2,1H3,(H,18,22)(H,19,21)/t15-/m0/s1. The number of likely N-dealkylation sites (N-methyl/N-ethyl adjacent to an activating group) is 1. The molecular weight excluding hydrogens is 310 g/mol. The highest BCUT2D eigenvalue weighted by Gasteiger charge is 2.21. The highest BCUT2D eigenvalue weighted by atomic mass is 32.1. The predicted octanol–water partition coefficient (Wildman–Crippen LogP) is 2.25. The molecule has 5 nitrogen and oxygen atoms in total. The van der Waals surface area contributed by atoms with Crippen molar-refractivity contribution in [3.63, 3.8) is 0 Å². The van der Waals surface area contributed by atoms with Crippen molar-refractivity contribution in [1.82, 2.24) is 15.5 Å². The van der Waals surface area contributed by atoms with Crippen molar-refractivity contribution in [3.8, 4) is 0 Å². The topological polar surface area (TPSA) is 61.4 Å². The fourth-order valence-corrected chi connectivity index (χ4v) is 3.61. The Balaban J connectivity index is 1.57. The molecule has 23 heavy (non-hydrogen) atoms. The van der Waals surface area contributed by atoms with E-state index in [1.54, 1.807) is 6.07 Å². The maximum absolute atomic E-state index is 11.9. The number of hydrogen-bond acceptors (Lipinski definition) is 4. The van der Waals surface area contributed by atoms with Crippen molar-refractivity contribution < 1.29 is 9.59 Å². The Morgan fingerprint density at radius 3 is 2.96 bits per heavy atom. The highest BCUT2D eigenvalue weighted by molar-refractivity contribution is 7.08. The van der Waals surface area contributed by atoms with Gasteiger partial charge in [0.1, 0.15) is 0 Å². The van der Waals surface area contributed by atoms with Gasteiger partial charge in [0, 0.05) is 36.5 Å². The fourth-order valence-electron chi connectivity index (χ4n) is 2.97. The van der Waals surface area contributed by atoms with Gasteiger partial charge in [-0.15, -0.1) is 0 Å². The number of amides is 2. The van der Waals surface area contributed by atoms with Gasteiger partial charge in [0.05, 0.1) is 0 Å². The Hall–Kier alpha value is -1.40. The molecular formula is C17H27N3O2S. The SMILES string of the molecule is CCN1CCCC[C@H]1CNC(=O)CCCNC(=O)c1ccsc1. The molecule has 0 bridgehead atoms. The first-order valence-corrected chi connectivity index (χ1v) is 9.46. The maximum Gasteiger partial charge on any atom is 0.252 e. The minimum Gasteiger partial charge on any atom is -0.355 e. The second-order valence-corrected chi connectivity index (χ2v) is 6.73. The summed E-state index contributed by atoms with van der Waals surface area (Å²) in [7, 11) is 0. The lowest BCUT2D eigenvalue weighted by Gasteiger charge is -2.34. The Morgan fingerprint density at radius 2 is 2.22 bits per heavy atom. The average molecular weight is 337 g/mol. The second kappa shape index (κ2) is 9.67. The molecule has 1 atom stereocenters. The van der Waals surface area contributed by atoms with Crippen molar-refractivity contribution in [2.45, 2.75) is 45.1 Å². The van der Waals surface area contributed by atoms with E-state index in [-0.39, 0.29) is 11.8 Å². The van der Waals surface area contributed by atoms with Gasteiger partial charge in [-0.2, -0.15) is 11.3 Å². The molecule has 1 aliphatic rings. The Labute approximate surface area is 142 Å². The number of rotatable bonds is 8. The summed E-state index contributed by atoms with van der Waals surface area (Å²) in [6, 6.07) is 2.28. The lowest BCUT2D eigenvalue weighted by atomic mass is 10.0. The van der Waals surface area contributed by atoms with E-state index in [1.165, 1.54) is 30.6 Å². The third kappa shape index (κ3) is 5.95. The number of piperidine rings is 1. The molecule has 2 amide bonds. The summed E-state index contributed by atoms with van der Waals surface area (Å²) in [5, 5.41) is 9.59. The lowest BCUT2D eigenvalue weighted by Crippen LogP contribution is -2.46. The molecule has 1 saturated heterocycles. The van der Waals surface area contributed by atoms with Crippen LogP contribution in [0.25, 0.3) is 0 Å². The molecule has 128 valence electrons. The summed E-state index contributed by atoms with van der Waals surface area (Å²) in [6.45, 7) is 5.65. The molecule has 1 fully saturated rings. The third-order valence-corrected chi connectivity index (χ3v) is 5.02. The Morgan fingerprint density at radius 1 is 1.35 bits per heavy atom. The van der Waals surface area contributed by atoms with E-state index in [0.717, 1.165) is 19.6 Å². The van der Waals surface area contributed by atoms with Crippen molar-refractivity contribution in [1.29, 1.82) is 0 Å². The predicted molar refractivity (Wildman–Crippen MR) is 93.8 cm³/mol. The molecule has 6 heteroatoms. The van der Waals surface area contributed by atoms with Crippen molar-refractivity contribution >= 4 is 23.2 Å². The zero-order valence-electron chi connectivity index (χ0n) is 13.8. The number of nitrogens with one attached hydrogen (secondary N) is 2. The largest absolute Gasteiger partial charge is 0.355 e. The van der Waals surface area contributed by atoms with Gasteiger partial charge in [-0.25, -0.2) is 0 Å². The fraction of sp³-hybridized carbons (Fsp3) is 0.647. The molecule has 1 aliphatic heterocycles. The Bertz CT molecular complexity index is 490. The number of thiophene rings is 1. The van der Waals surface area contributed by atoms with Crippen LogP contribution in [0.1, 0.15) is 49.4 Å². The van der Waals surface area contributed by atoms with Crippen LogP contribution in [0, 0.1) is 0 Å². The van der Waals surface area contributed by atoms with Crippen molar-refractivity contribution in [3.05, 3.63) is 22.4 Å². The van der Waals surface area contributed by atoms with Crippen LogP contribution in [0.4, 0.5) is 0 Å². The number of carbonyl (C=O) groups excluding carboxylic acids is 2. The van der Waals surface area contributed by atoms with Crippen molar-refractivity contribution in [2.24, 2.45) is 0 Å². The molecule has 0 aromatic carbocycles. The van der Waals surface area contributed by atoms with Gasteiger partial charge >= 0.3 is 0 Å². The normalized spacial score (nSPS) is 18.6. The zero-order valence-corrected chi connectivity index (χ0v) is 14.7. The molecule has 2 N–H and O–H groups in total. The van der Waals surface area contributed by atoms with Gasteiger partial charge in [-0.3, -0.25) is 14.5 Å². The smallest absolute Gasteiger partial charge is 0.252 e. The molecule has 0 aliphatic carbocycles. The minimum absolute atomic E-state index is 0.0625. The van der Waals surface area contributed by atoms with Crippen LogP contribution in [0.2, 0.25) is 0 Å². The quantitative estimate of drug-likeness (QED) is 0.715. The second-order valence-electron chi connectivity index (χ2n) is 5.95. The molecule has 0 unspecified atom stereocenters. The van der Waals surface area contributed by atoms with Crippen LogP contribution < -0.4 is 10.6 Å². The number of likely N-dealkylation sites (tertiary alicyclic amines) is 1. The summed E-state index contributed by atoms with van der Waals surface area (Å²) >= 11 is 1.51. The first-order chi connectivity index (χ1) is 11.2. The summed E-state index contributed by atoms with van der Waals surface area (Å²) in [6.07, 6.45) is 4.82. The van der Waals surface area contributed by atoms with Crippen LogP contribution in [0.15, 0.2) is 16.8 Å². The number of hydrogen-bond donors (Lipinski definition) is 2. The van der Waals surface area contributed by atoms with E-state index >= 15 is 0 Å². The van der Waals surface area contributed by atoms with E-state index in [4.69, 9.17) is 0 Å². The average Bonchev–Trinajstić information content (AvgIpc) is 3.11. The van der Waals surface area contributed by atoms with Crippen LogP contribution in [-0.4, -0.2) is 48.9 Å². The van der Waals surface area contributed by atoms with Crippen LogP contribution >= 0.6 is 11.3 Å². The van der Waals surface area contributed by atoms with Crippen molar-refractivity contribution in [2.75, 3.05) is 26.2 Å². The molecule has 2 heterocycles. The highest BCUT2D eigenvalue weighted by Crippen LogP contribution is 2.15. The first kappa shape index (κ1) is 17.9. The van der Waals surface area contributed by atoms with Gasteiger partial charge in [0.2, 0.25) is 5.91 Å². The van der Waals surface area contributed by atoms with Gasteiger partial charge in [0.15, 0.2) is 0 Å². The Kier molecular flexibility index (Phi) is 7.55. The van der Waals surface area contributed by atoms with E-state index in [9.17, 15) is 9.59 Å². The molecule has 0 radical (unpaired) electrons. The van der Waals surface area contributed by atoms with E-state index < -0.39 is 0 Å². The van der Waals surface area contributed by atoms with Gasteiger partial charge < -0.3 is 10.6 Å². The van der Waals surface area contributed by atoms with Gasteiger partial charge in [-0.1, -0.05) is 13.3 Å². The zero-order chi connectivity index (χ0) is 16.5. The monoisotopic (exact) mass is 337 g/mol. The summed E-state index contributed by atoms with van der Waals surface area (Å²) in [5.74, 6) is 0.0175. The van der Waals surface area contributed by atoms with Gasteiger partial charge in [-0.05, 0) is 43.8 Å². The number of nitrogens with zero attached hydrogens (tertiary/aromatic N) is 1. The van der Waals surface area contributed by atoms with E-state index in [0.29, 0.717) is 31.0 Å².